The number of hydrogen-bond acceptors (Lipinski definition) is 2. The fraction of sp³-hybridized carbons (Fsp3) is 0.417. The molecular weight excluding hydrogens is 190 g/mol. The van der Waals surface area contributed by atoms with Gasteiger partial charge in [-0.05, 0) is 24.5 Å². The molecule has 0 heterocycles. The summed E-state index contributed by atoms with van der Waals surface area (Å²) >= 11 is 0. The second-order valence-electron chi connectivity index (χ2n) is 3.94. The van der Waals surface area contributed by atoms with E-state index in [-0.39, 0.29) is 6.04 Å². The first-order valence-electron chi connectivity index (χ1n) is 5.06. The van der Waals surface area contributed by atoms with Gasteiger partial charge in [0.25, 0.3) is 0 Å². The van der Waals surface area contributed by atoms with E-state index in [1.807, 2.05) is 31.2 Å². The summed E-state index contributed by atoms with van der Waals surface area (Å²) in [6.45, 7) is 3.67. The molecule has 1 aromatic carbocycles. The van der Waals surface area contributed by atoms with E-state index in [0.717, 1.165) is 11.1 Å². The zero-order chi connectivity index (χ0) is 11.4. The second-order valence-corrected chi connectivity index (χ2v) is 3.94. The number of benzene rings is 1. The van der Waals surface area contributed by atoms with Crippen molar-refractivity contribution < 1.29 is 9.90 Å². The third kappa shape index (κ3) is 3.06. The molecule has 0 saturated carbocycles. The molecule has 0 saturated heterocycles. The van der Waals surface area contributed by atoms with Gasteiger partial charge in [0.2, 0.25) is 0 Å². The monoisotopic (exact) mass is 207 g/mol. The maximum atomic E-state index is 10.7. The van der Waals surface area contributed by atoms with Gasteiger partial charge in [-0.1, -0.05) is 31.2 Å². The highest BCUT2D eigenvalue weighted by Crippen LogP contribution is 2.21. The first kappa shape index (κ1) is 11.7. The number of aryl methyl sites for hydroxylation is 1. The topological polar surface area (TPSA) is 63.3 Å². The highest BCUT2D eigenvalue weighted by atomic mass is 16.4. The fourth-order valence-electron chi connectivity index (χ4n) is 1.61. The summed E-state index contributed by atoms with van der Waals surface area (Å²) in [4.78, 5) is 10.7. The highest BCUT2D eigenvalue weighted by molar-refractivity contribution is 5.69. The Morgan fingerprint density at radius 1 is 1.47 bits per heavy atom. The minimum atomic E-state index is -0.793. The van der Waals surface area contributed by atoms with Crippen LogP contribution in [0.2, 0.25) is 0 Å². The Balaban J connectivity index is 2.73. The van der Waals surface area contributed by atoms with Crippen molar-refractivity contribution in [1.82, 2.24) is 0 Å². The first-order valence-corrected chi connectivity index (χ1v) is 5.06. The van der Waals surface area contributed by atoms with E-state index in [4.69, 9.17) is 10.8 Å². The smallest absolute Gasteiger partial charge is 0.306 e. The van der Waals surface area contributed by atoms with Gasteiger partial charge in [0, 0.05) is 6.04 Å². The van der Waals surface area contributed by atoms with Crippen LogP contribution < -0.4 is 5.73 Å². The molecule has 3 heteroatoms. The van der Waals surface area contributed by atoms with E-state index in [9.17, 15) is 4.79 Å². The zero-order valence-corrected chi connectivity index (χ0v) is 9.10. The molecule has 0 bridgehead atoms. The Bertz CT molecular complexity index is 349. The van der Waals surface area contributed by atoms with Crippen molar-refractivity contribution in [1.29, 1.82) is 0 Å². The molecule has 0 aliphatic rings. The van der Waals surface area contributed by atoms with Gasteiger partial charge in [-0.15, -0.1) is 0 Å². The molecule has 0 radical (unpaired) electrons. The summed E-state index contributed by atoms with van der Waals surface area (Å²) in [5.41, 5.74) is 8.12. The largest absolute Gasteiger partial charge is 0.481 e. The van der Waals surface area contributed by atoms with Gasteiger partial charge < -0.3 is 10.8 Å². The van der Waals surface area contributed by atoms with Gasteiger partial charge in [0.15, 0.2) is 0 Å². The summed E-state index contributed by atoms with van der Waals surface area (Å²) < 4.78 is 0. The van der Waals surface area contributed by atoms with Crippen LogP contribution in [0.4, 0.5) is 0 Å². The minimum absolute atomic E-state index is 0.197. The molecule has 0 aliphatic heterocycles. The number of rotatable bonds is 4. The van der Waals surface area contributed by atoms with Crippen LogP contribution in [0, 0.1) is 12.8 Å². The van der Waals surface area contributed by atoms with Gasteiger partial charge in [-0.2, -0.15) is 0 Å². The predicted octanol–water partition coefficient (Wildman–Crippen LogP) is 2.11. The van der Waals surface area contributed by atoms with E-state index in [1.165, 1.54) is 0 Å². The van der Waals surface area contributed by atoms with Crippen molar-refractivity contribution in [3.63, 3.8) is 0 Å². The highest BCUT2D eigenvalue weighted by Gasteiger charge is 2.17. The Morgan fingerprint density at radius 3 is 2.60 bits per heavy atom. The number of carbonyl (C=O) groups is 1. The summed E-state index contributed by atoms with van der Waals surface area (Å²) in [5, 5.41) is 8.79. The predicted molar refractivity (Wildman–Crippen MR) is 59.5 cm³/mol. The maximum Gasteiger partial charge on any atom is 0.306 e. The quantitative estimate of drug-likeness (QED) is 0.794. The average molecular weight is 207 g/mol. The number of hydrogen-bond donors (Lipinski definition) is 2. The van der Waals surface area contributed by atoms with Crippen molar-refractivity contribution >= 4 is 5.97 Å². The van der Waals surface area contributed by atoms with Gasteiger partial charge in [-0.3, -0.25) is 4.79 Å². The SMILES string of the molecule is Cc1ccccc1C(N)CC(C)C(=O)O. The second kappa shape index (κ2) is 4.94. The lowest BCUT2D eigenvalue weighted by Gasteiger charge is -2.16. The van der Waals surface area contributed by atoms with E-state index in [2.05, 4.69) is 0 Å². The van der Waals surface area contributed by atoms with Crippen molar-refractivity contribution in [3.05, 3.63) is 35.4 Å². The lowest BCUT2D eigenvalue weighted by Crippen LogP contribution is -2.19. The lowest BCUT2D eigenvalue weighted by atomic mass is 9.94. The van der Waals surface area contributed by atoms with Crippen LogP contribution in [0.3, 0.4) is 0 Å². The Morgan fingerprint density at radius 2 is 2.07 bits per heavy atom. The van der Waals surface area contributed by atoms with E-state index >= 15 is 0 Å². The summed E-state index contributed by atoms with van der Waals surface area (Å²) in [6.07, 6.45) is 0.472. The molecule has 0 spiro atoms. The van der Waals surface area contributed by atoms with Crippen molar-refractivity contribution in [3.8, 4) is 0 Å². The molecule has 2 atom stereocenters. The fourth-order valence-corrected chi connectivity index (χ4v) is 1.61. The molecule has 0 aromatic heterocycles. The molecule has 0 aliphatic carbocycles. The van der Waals surface area contributed by atoms with Gasteiger partial charge in [-0.25, -0.2) is 0 Å². The van der Waals surface area contributed by atoms with Crippen LogP contribution in [0.15, 0.2) is 24.3 Å². The zero-order valence-electron chi connectivity index (χ0n) is 9.10. The maximum absolute atomic E-state index is 10.7. The van der Waals surface area contributed by atoms with Crippen LogP contribution in [0.1, 0.15) is 30.5 Å². The molecule has 3 nitrogen and oxygen atoms in total. The number of carboxylic acids is 1. The van der Waals surface area contributed by atoms with Crippen molar-refractivity contribution in [2.24, 2.45) is 11.7 Å². The summed E-state index contributed by atoms with van der Waals surface area (Å²) in [5.74, 6) is -1.20. The molecule has 82 valence electrons. The minimum Gasteiger partial charge on any atom is -0.481 e. The molecular formula is C12H17NO2. The van der Waals surface area contributed by atoms with Crippen LogP contribution in [0.25, 0.3) is 0 Å². The van der Waals surface area contributed by atoms with Crippen LogP contribution in [-0.2, 0) is 4.79 Å². The van der Waals surface area contributed by atoms with Crippen molar-refractivity contribution in [2.75, 3.05) is 0 Å². The summed E-state index contributed by atoms with van der Waals surface area (Å²) in [6, 6.07) is 7.62. The first-order chi connectivity index (χ1) is 7.02. The lowest BCUT2D eigenvalue weighted by molar-refractivity contribution is -0.141. The Labute approximate surface area is 89.9 Å². The van der Waals surface area contributed by atoms with E-state index in [1.54, 1.807) is 6.92 Å². The van der Waals surface area contributed by atoms with Gasteiger partial charge in [0.05, 0.1) is 5.92 Å². The van der Waals surface area contributed by atoms with Gasteiger partial charge >= 0.3 is 5.97 Å². The molecule has 2 unspecified atom stereocenters. The normalized spacial score (nSPS) is 14.6. The van der Waals surface area contributed by atoms with Crippen LogP contribution in [-0.4, -0.2) is 11.1 Å². The average Bonchev–Trinajstić information content (AvgIpc) is 2.18. The molecule has 3 N–H and O–H groups in total. The molecule has 1 rings (SSSR count). The number of nitrogens with two attached hydrogens (primary N) is 1. The Hall–Kier alpha value is -1.35. The van der Waals surface area contributed by atoms with Crippen molar-refractivity contribution in [2.45, 2.75) is 26.3 Å². The molecule has 0 amide bonds. The van der Waals surface area contributed by atoms with E-state index in [0.29, 0.717) is 6.42 Å². The third-order valence-electron chi connectivity index (χ3n) is 2.62. The Kier molecular flexibility index (Phi) is 3.86. The molecule has 1 aromatic rings. The standard InChI is InChI=1S/C12H17NO2/c1-8-5-3-4-6-10(8)11(13)7-9(2)12(14)15/h3-6,9,11H,7,13H2,1-2H3,(H,14,15). The van der Waals surface area contributed by atoms with Crippen LogP contribution >= 0.6 is 0 Å². The van der Waals surface area contributed by atoms with E-state index < -0.39 is 11.9 Å². The van der Waals surface area contributed by atoms with Gasteiger partial charge in [0.1, 0.15) is 0 Å². The van der Waals surface area contributed by atoms with Crippen LogP contribution in [0.5, 0.6) is 0 Å². The molecule has 0 fully saturated rings. The number of aliphatic carboxylic acids is 1. The third-order valence-corrected chi connectivity index (χ3v) is 2.62. The summed E-state index contributed by atoms with van der Waals surface area (Å²) in [7, 11) is 0. The number of carboxylic acid groups (broad SMARTS) is 1. The molecule has 15 heavy (non-hydrogen) atoms.